The van der Waals surface area contributed by atoms with Crippen LogP contribution in [-0.4, -0.2) is 29.5 Å². The maximum atomic E-state index is 10.7. The molecule has 10 heteroatoms. The number of aryl methyl sites for hydroxylation is 1. The summed E-state index contributed by atoms with van der Waals surface area (Å²) in [6.07, 6.45) is 2.62. The molecule has 0 spiro atoms. The van der Waals surface area contributed by atoms with E-state index >= 15 is 0 Å². The van der Waals surface area contributed by atoms with E-state index in [4.69, 9.17) is 4.74 Å². The molecule has 0 bridgehead atoms. The first kappa shape index (κ1) is 17.9. The molecule has 0 aliphatic heterocycles. The largest absolute Gasteiger partial charge is 0.485 e. The fourth-order valence-corrected chi connectivity index (χ4v) is 3.23. The average Bonchev–Trinajstić information content (AvgIpc) is 3.26. The molecule has 9 nitrogen and oxygen atoms in total. The lowest BCUT2D eigenvalue weighted by atomic mass is 10.2. The van der Waals surface area contributed by atoms with Crippen molar-refractivity contribution >= 4 is 17.4 Å². The third-order valence-electron chi connectivity index (χ3n) is 3.72. The molecule has 2 aromatic heterocycles. The van der Waals surface area contributed by atoms with Gasteiger partial charge in [-0.2, -0.15) is 5.10 Å². The second-order valence-electron chi connectivity index (χ2n) is 5.47. The minimum Gasteiger partial charge on any atom is -0.485 e. The molecular formula is C16H18N6O3S. The number of hydrogen-bond acceptors (Lipinski definition) is 7. The number of ether oxygens (including phenoxy) is 1. The fourth-order valence-electron chi connectivity index (χ4n) is 2.35. The van der Waals surface area contributed by atoms with Gasteiger partial charge in [-0.25, -0.2) is 0 Å². The van der Waals surface area contributed by atoms with E-state index in [0.29, 0.717) is 24.2 Å². The number of rotatable bonds is 8. The summed E-state index contributed by atoms with van der Waals surface area (Å²) in [5, 5.41) is 23.8. The van der Waals surface area contributed by atoms with Crippen molar-refractivity contribution in [2.75, 3.05) is 0 Å². The number of nitrogens with zero attached hydrogens (tertiary/aromatic N) is 6. The van der Waals surface area contributed by atoms with Crippen molar-refractivity contribution in [3.63, 3.8) is 0 Å². The molecule has 0 saturated carbocycles. The summed E-state index contributed by atoms with van der Waals surface area (Å²) >= 11 is 1.41. The highest BCUT2D eigenvalue weighted by Gasteiger charge is 2.14. The fraction of sp³-hybridized carbons (Fsp3) is 0.312. The van der Waals surface area contributed by atoms with Crippen LogP contribution in [0.15, 0.2) is 41.8 Å². The van der Waals surface area contributed by atoms with Crippen molar-refractivity contribution in [3.8, 4) is 5.75 Å². The normalized spacial score (nSPS) is 10.8. The standard InChI is InChI=1S/C16H18N6O3S/c1-3-21-15(10-25-14-7-5-4-6-12(14)2)18-19-16(21)26-11-20-9-13(8-17-20)22(23)24/h4-9H,3,10-11H2,1-2H3. The summed E-state index contributed by atoms with van der Waals surface area (Å²) in [6, 6.07) is 7.80. The van der Waals surface area contributed by atoms with Crippen molar-refractivity contribution in [1.29, 1.82) is 0 Å². The first-order valence-corrected chi connectivity index (χ1v) is 8.97. The molecule has 0 amide bonds. The zero-order valence-electron chi connectivity index (χ0n) is 14.4. The van der Waals surface area contributed by atoms with E-state index in [9.17, 15) is 10.1 Å². The second kappa shape index (κ2) is 8.00. The van der Waals surface area contributed by atoms with Crippen LogP contribution >= 0.6 is 11.8 Å². The van der Waals surface area contributed by atoms with Crippen LogP contribution in [0.1, 0.15) is 18.3 Å². The highest BCUT2D eigenvalue weighted by Crippen LogP contribution is 2.22. The van der Waals surface area contributed by atoms with Gasteiger partial charge in [0, 0.05) is 6.54 Å². The summed E-state index contributed by atoms with van der Waals surface area (Å²) < 4.78 is 9.31. The minimum absolute atomic E-state index is 0.0325. The Bertz CT molecular complexity index is 907. The number of thioether (sulfide) groups is 1. The molecule has 0 N–H and O–H groups in total. The van der Waals surface area contributed by atoms with Crippen LogP contribution in [0.5, 0.6) is 5.75 Å². The molecule has 26 heavy (non-hydrogen) atoms. The molecular weight excluding hydrogens is 356 g/mol. The van der Waals surface area contributed by atoms with E-state index in [0.717, 1.165) is 17.1 Å². The SMILES string of the molecule is CCn1c(COc2ccccc2C)nnc1SCn1cc([N+](=O)[O-])cn1. The summed E-state index contributed by atoms with van der Waals surface area (Å²) in [7, 11) is 0. The van der Waals surface area contributed by atoms with E-state index in [1.807, 2.05) is 42.7 Å². The Kier molecular flexibility index (Phi) is 5.52. The predicted octanol–water partition coefficient (Wildman–Crippen LogP) is 3.04. The minimum atomic E-state index is -0.469. The monoisotopic (exact) mass is 374 g/mol. The lowest BCUT2D eigenvalue weighted by molar-refractivity contribution is -0.385. The van der Waals surface area contributed by atoms with Gasteiger partial charge in [-0.3, -0.25) is 14.8 Å². The van der Waals surface area contributed by atoms with E-state index < -0.39 is 4.92 Å². The number of benzene rings is 1. The van der Waals surface area contributed by atoms with Crippen molar-refractivity contribution < 1.29 is 9.66 Å². The van der Waals surface area contributed by atoms with E-state index in [-0.39, 0.29) is 5.69 Å². The third kappa shape index (κ3) is 4.02. The molecule has 1 aromatic carbocycles. The van der Waals surface area contributed by atoms with Crippen LogP contribution in [0.25, 0.3) is 0 Å². The topological polar surface area (TPSA) is 101 Å². The van der Waals surface area contributed by atoms with Gasteiger partial charge in [-0.05, 0) is 25.5 Å². The van der Waals surface area contributed by atoms with Crippen LogP contribution < -0.4 is 4.74 Å². The van der Waals surface area contributed by atoms with Gasteiger partial charge in [0.25, 0.3) is 0 Å². The quantitative estimate of drug-likeness (QED) is 0.339. The Balaban J connectivity index is 1.65. The van der Waals surface area contributed by atoms with Gasteiger partial charge in [0.15, 0.2) is 11.0 Å². The van der Waals surface area contributed by atoms with Crippen molar-refractivity contribution in [1.82, 2.24) is 24.5 Å². The van der Waals surface area contributed by atoms with Crippen molar-refractivity contribution in [3.05, 3.63) is 58.2 Å². The zero-order chi connectivity index (χ0) is 18.5. The predicted molar refractivity (Wildman–Crippen MR) is 95.9 cm³/mol. The Morgan fingerprint density at radius 2 is 2.12 bits per heavy atom. The number of para-hydroxylation sites is 1. The van der Waals surface area contributed by atoms with Crippen LogP contribution in [-0.2, 0) is 19.0 Å². The Labute approximate surface area is 154 Å². The molecule has 2 heterocycles. The Morgan fingerprint density at radius 1 is 1.31 bits per heavy atom. The Morgan fingerprint density at radius 3 is 2.81 bits per heavy atom. The van der Waals surface area contributed by atoms with E-state index in [1.54, 1.807) is 0 Å². The molecule has 0 aliphatic carbocycles. The summed E-state index contributed by atoms with van der Waals surface area (Å²) in [5.41, 5.74) is 1.03. The van der Waals surface area contributed by atoms with Crippen LogP contribution in [0.3, 0.4) is 0 Å². The van der Waals surface area contributed by atoms with Crippen LogP contribution in [0.4, 0.5) is 5.69 Å². The highest BCUT2D eigenvalue weighted by molar-refractivity contribution is 7.98. The molecule has 0 aliphatic rings. The van der Waals surface area contributed by atoms with Crippen molar-refractivity contribution in [2.24, 2.45) is 0 Å². The van der Waals surface area contributed by atoms with E-state index in [1.165, 1.54) is 28.8 Å². The lowest BCUT2D eigenvalue weighted by Crippen LogP contribution is -2.08. The van der Waals surface area contributed by atoms with Crippen LogP contribution in [0.2, 0.25) is 0 Å². The van der Waals surface area contributed by atoms with Gasteiger partial charge in [0.1, 0.15) is 24.8 Å². The summed E-state index contributed by atoms with van der Waals surface area (Å²) in [5.74, 6) is 1.95. The lowest BCUT2D eigenvalue weighted by Gasteiger charge is -2.10. The first-order valence-electron chi connectivity index (χ1n) is 7.98. The van der Waals surface area contributed by atoms with Gasteiger partial charge in [0.2, 0.25) is 0 Å². The summed E-state index contributed by atoms with van der Waals surface area (Å²) in [4.78, 5) is 10.2. The molecule has 0 atom stereocenters. The van der Waals surface area contributed by atoms with Gasteiger partial charge in [0.05, 0.1) is 10.8 Å². The van der Waals surface area contributed by atoms with Gasteiger partial charge in [-0.1, -0.05) is 30.0 Å². The van der Waals surface area contributed by atoms with Gasteiger partial charge in [-0.15, -0.1) is 10.2 Å². The van der Waals surface area contributed by atoms with Gasteiger partial charge >= 0.3 is 5.69 Å². The first-order chi connectivity index (χ1) is 12.6. The van der Waals surface area contributed by atoms with Crippen LogP contribution in [0, 0.1) is 17.0 Å². The molecule has 0 saturated heterocycles. The molecule has 136 valence electrons. The maximum absolute atomic E-state index is 10.7. The number of aromatic nitrogens is 5. The average molecular weight is 374 g/mol. The number of nitro groups is 1. The van der Waals surface area contributed by atoms with Crippen molar-refractivity contribution in [2.45, 2.75) is 38.0 Å². The van der Waals surface area contributed by atoms with E-state index in [2.05, 4.69) is 15.3 Å². The molecule has 3 rings (SSSR count). The van der Waals surface area contributed by atoms with Gasteiger partial charge < -0.3 is 9.30 Å². The highest BCUT2D eigenvalue weighted by atomic mass is 32.2. The Hall–Kier alpha value is -2.88. The third-order valence-corrected chi connectivity index (χ3v) is 4.67. The molecule has 3 aromatic rings. The summed E-state index contributed by atoms with van der Waals surface area (Å²) in [6.45, 7) is 5.01. The molecule has 0 radical (unpaired) electrons. The molecule has 0 unspecified atom stereocenters. The number of hydrogen-bond donors (Lipinski definition) is 0. The maximum Gasteiger partial charge on any atom is 0.307 e. The zero-order valence-corrected chi connectivity index (χ0v) is 15.2. The smallest absolute Gasteiger partial charge is 0.307 e. The molecule has 0 fully saturated rings. The second-order valence-corrected chi connectivity index (χ2v) is 6.38.